The molecule has 42 heavy (non-hydrogen) atoms. The van der Waals surface area contributed by atoms with Crippen molar-refractivity contribution in [1.82, 2.24) is 14.7 Å². The molecule has 0 aliphatic carbocycles. The predicted molar refractivity (Wildman–Crippen MR) is 160 cm³/mol. The van der Waals surface area contributed by atoms with Gasteiger partial charge in [0.15, 0.2) is 11.5 Å². The van der Waals surface area contributed by atoms with Crippen molar-refractivity contribution < 1.29 is 19.1 Å². The van der Waals surface area contributed by atoms with Crippen LogP contribution in [0.2, 0.25) is 0 Å². The maximum Gasteiger partial charge on any atom is 0.271 e. The van der Waals surface area contributed by atoms with Gasteiger partial charge < -0.3 is 9.47 Å². The van der Waals surface area contributed by atoms with Crippen molar-refractivity contribution >= 4 is 29.7 Å². The lowest BCUT2D eigenvalue weighted by Crippen LogP contribution is -2.42. The summed E-state index contributed by atoms with van der Waals surface area (Å²) in [5.41, 5.74) is 4.32. The summed E-state index contributed by atoms with van der Waals surface area (Å²) < 4.78 is 12.6. The molecule has 0 bridgehead atoms. The lowest BCUT2D eigenvalue weighted by molar-refractivity contribution is -0.141. The molecule has 3 aromatic carbocycles. The normalized spacial score (nSPS) is 15.5. The Labute approximate surface area is 247 Å². The lowest BCUT2D eigenvalue weighted by atomic mass is 9.93. The molecule has 0 spiro atoms. The van der Waals surface area contributed by atoms with E-state index in [1.54, 1.807) is 47.6 Å². The number of fused-ring (bicyclic) bond motifs is 1. The number of para-hydroxylation sites is 1. The van der Waals surface area contributed by atoms with Crippen LogP contribution in [0, 0.1) is 11.3 Å². The Kier molecular flexibility index (Phi) is 7.38. The molecule has 9 heteroatoms. The summed E-state index contributed by atoms with van der Waals surface area (Å²) in [6.07, 6.45) is 3.59. The Bertz CT molecular complexity index is 1800. The van der Waals surface area contributed by atoms with Crippen LogP contribution in [0.4, 0.5) is 0 Å². The van der Waals surface area contributed by atoms with Crippen LogP contribution in [0.1, 0.15) is 25.0 Å². The summed E-state index contributed by atoms with van der Waals surface area (Å²) in [7, 11) is 0. The quantitative estimate of drug-likeness (QED) is 0.148. The maximum absolute atomic E-state index is 13.9. The van der Waals surface area contributed by atoms with E-state index in [1.807, 2.05) is 54.7 Å². The van der Waals surface area contributed by atoms with Gasteiger partial charge in [-0.05, 0) is 66.3 Å². The van der Waals surface area contributed by atoms with Gasteiger partial charge in [0.1, 0.15) is 11.6 Å². The van der Waals surface area contributed by atoms with Gasteiger partial charge in [0.05, 0.1) is 17.9 Å². The minimum atomic E-state index is -0.626. The third-order valence-corrected chi connectivity index (χ3v) is 8.00. The predicted octanol–water partition coefficient (Wildman–Crippen LogP) is 6.17. The van der Waals surface area contributed by atoms with E-state index in [4.69, 9.17) is 14.6 Å². The second-order valence-corrected chi connectivity index (χ2v) is 11.1. The molecular weight excluding hydrogens is 548 g/mol. The molecule has 0 unspecified atom stereocenters. The van der Waals surface area contributed by atoms with E-state index in [1.165, 1.54) is 0 Å². The van der Waals surface area contributed by atoms with Crippen molar-refractivity contribution in [2.75, 3.05) is 12.5 Å². The summed E-state index contributed by atoms with van der Waals surface area (Å²) in [5.74, 6) is 1.01. The third-order valence-electron chi connectivity index (χ3n) is 7.10. The Morgan fingerprint density at radius 1 is 1.00 bits per heavy atom. The van der Waals surface area contributed by atoms with E-state index in [9.17, 15) is 14.9 Å². The van der Waals surface area contributed by atoms with Crippen LogP contribution in [0.3, 0.4) is 0 Å². The van der Waals surface area contributed by atoms with Gasteiger partial charge >= 0.3 is 0 Å². The van der Waals surface area contributed by atoms with Crippen LogP contribution in [-0.2, 0) is 16.1 Å². The molecule has 0 radical (unpaired) electrons. The first-order valence-corrected chi connectivity index (χ1v) is 14.4. The number of benzene rings is 3. The fourth-order valence-corrected chi connectivity index (χ4v) is 5.62. The van der Waals surface area contributed by atoms with Gasteiger partial charge in [0.25, 0.3) is 11.8 Å². The van der Waals surface area contributed by atoms with Gasteiger partial charge in [0.2, 0.25) is 6.79 Å². The fourth-order valence-electron chi connectivity index (χ4n) is 4.96. The van der Waals surface area contributed by atoms with Crippen molar-refractivity contribution in [3.8, 4) is 34.5 Å². The van der Waals surface area contributed by atoms with Crippen LogP contribution in [-0.4, -0.2) is 39.0 Å². The van der Waals surface area contributed by atoms with Crippen molar-refractivity contribution in [3.05, 3.63) is 107 Å². The number of carbonyl (C=O) groups is 2. The number of nitrogens with zero attached hydrogens (tertiary/aromatic N) is 4. The van der Waals surface area contributed by atoms with Gasteiger partial charge in [-0.3, -0.25) is 14.5 Å². The minimum absolute atomic E-state index is 0.0171. The molecule has 0 saturated carbocycles. The molecule has 4 aromatic rings. The van der Waals surface area contributed by atoms with Crippen LogP contribution < -0.4 is 9.47 Å². The zero-order valence-electron chi connectivity index (χ0n) is 23.0. The van der Waals surface area contributed by atoms with Crippen LogP contribution in [0.5, 0.6) is 11.5 Å². The van der Waals surface area contributed by atoms with Crippen molar-refractivity contribution in [2.45, 2.75) is 25.3 Å². The van der Waals surface area contributed by atoms with E-state index in [0.29, 0.717) is 33.9 Å². The Morgan fingerprint density at radius 3 is 2.50 bits per heavy atom. The van der Waals surface area contributed by atoms with E-state index in [0.717, 1.165) is 26.8 Å². The molecule has 0 fully saturated rings. The molecular formula is C33H26N4O4S. The summed E-state index contributed by atoms with van der Waals surface area (Å²) in [4.78, 5) is 29.5. The molecule has 2 aliphatic heterocycles. The first-order valence-electron chi connectivity index (χ1n) is 13.4. The number of imide groups is 1. The molecule has 2 amide bonds. The first-order chi connectivity index (χ1) is 20.5. The van der Waals surface area contributed by atoms with Crippen LogP contribution >= 0.6 is 11.8 Å². The summed E-state index contributed by atoms with van der Waals surface area (Å²) in [6.45, 7) is 3.84. The smallest absolute Gasteiger partial charge is 0.271 e. The Balaban J connectivity index is 1.43. The monoisotopic (exact) mass is 574 g/mol. The molecule has 1 aromatic heterocycles. The molecule has 6 rings (SSSR count). The van der Waals surface area contributed by atoms with Crippen molar-refractivity contribution in [3.63, 3.8) is 0 Å². The average molecular weight is 575 g/mol. The van der Waals surface area contributed by atoms with Crippen LogP contribution in [0.25, 0.3) is 23.0 Å². The fraction of sp³-hybridized carbons (Fsp3) is 0.152. The highest BCUT2D eigenvalue weighted by molar-refractivity contribution is 7.99. The molecule has 208 valence electrons. The Hall–Kier alpha value is -5.07. The van der Waals surface area contributed by atoms with Crippen molar-refractivity contribution in [1.29, 1.82) is 5.26 Å². The van der Waals surface area contributed by atoms with Gasteiger partial charge in [-0.25, -0.2) is 4.68 Å². The second-order valence-electron chi connectivity index (χ2n) is 9.72. The summed E-state index contributed by atoms with van der Waals surface area (Å²) in [5, 5.41) is 14.8. The first kappa shape index (κ1) is 27.1. The zero-order valence-corrected chi connectivity index (χ0v) is 23.9. The highest BCUT2D eigenvalue weighted by atomic mass is 32.2. The second kappa shape index (κ2) is 11.4. The Morgan fingerprint density at radius 2 is 1.76 bits per heavy atom. The number of hydrogen-bond donors (Lipinski definition) is 0. The van der Waals surface area contributed by atoms with Gasteiger partial charge in [-0.1, -0.05) is 43.3 Å². The lowest BCUT2D eigenvalue weighted by Gasteiger charge is -2.27. The zero-order chi connectivity index (χ0) is 29.2. The molecule has 2 aliphatic rings. The van der Waals surface area contributed by atoms with Gasteiger partial charge in [-0.2, -0.15) is 10.4 Å². The van der Waals surface area contributed by atoms with E-state index < -0.39 is 11.8 Å². The van der Waals surface area contributed by atoms with E-state index in [2.05, 4.69) is 19.1 Å². The number of ether oxygens (including phenoxy) is 2. The highest BCUT2D eigenvalue weighted by Gasteiger charge is 2.36. The number of thioether (sulfide) groups is 1. The van der Waals surface area contributed by atoms with E-state index in [-0.39, 0.29) is 24.5 Å². The number of nitriles is 1. The number of aromatic nitrogens is 2. The van der Waals surface area contributed by atoms with Crippen molar-refractivity contribution in [2.24, 2.45) is 0 Å². The number of carbonyl (C=O) groups excluding carboxylic acids is 2. The third kappa shape index (κ3) is 5.08. The van der Waals surface area contributed by atoms with Crippen LogP contribution in [0.15, 0.2) is 101 Å². The number of hydrogen-bond acceptors (Lipinski definition) is 7. The maximum atomic E-state index is 13.9. The highest BCUT2D eigenvalue weighted by Crippen LogP contribution is 2.35. The van der Waals surface area contributed by atoms with Gasteiger partial charge in [-0.15, -0.1) is 11.8 Å². The molecule has 0 N–H and O–H groups in total. The molecule has 8 nitrogen and oxygen atoms in total. The van der Waals surface area contributed by atoms with Gasteiger partial charge in [0, 0.05) is 27.8 Å². The topological polar surface area (TPSA) is 97.4 Å². The molecule has 3 heterocycles. The number of amides is 2. The van der Waals surface area contributed by atoms with E-state index >= 15 is 0 Å². The minimum Gasteiger partial charge on any atom is -0.454 e. The SMILES string of the molecule is CCSc1ccc(-c2nn(-c3ccccc3)cc2/C=C2/C(=O)N(Cc3ccc4c(c3)OCO4)C(=O)C(C#N)=C2C)cc1. The largest absolute Gasteiger partial charge is 0.454 e. The summed E-state index contributed by atoms with van der Waals surface area (Å²) >= 11 is 1.75. The molecule has 0 saturated heterocycles. The standard InChI is InChI=1S/C33H26N4O4S/c1-3-42-26-12-10-23(11-13-26)31-24(19-37(35-31)25-7-5-4-6-8-25)16-27-21(2)28(17-34)33(39)36(32(27)38)18-22-9-14-29-30(15-22)41-20-40-29/h4-16,19H,3,18,20H2,1-2H3/b27-16+. The summed E-state index contributed by atoms with van der Waals surface area (Å²) in [6, 6.07) is 25.1. The average Bonchev–Trinajstić information content (AvgIpc) is 3.66. The number of rotatable bonds is 7. The molecule has 0 atom stereocenters.